The molecule has 12 unspecified atom stereocenters. The minimum atomic E-state index is -1.80. The van der Waals surface area contributed by atoms with E-state index in [1.807, 2.05) is 6.08 Å². The van der Waals surface area contributed by atoms with Crippen LogP contribution in [0.5, 0.6) is 0 Å². The quantitative estimate of drug-likeness (QED) is 0.0204. The first-order valence-electron chi connectivity index (χ1n) is 38.4. The van der Waals surface area contributed by atoms with Crippen molar-refractivity contribution in [2.75, 3.05) is 19.8 Å². The molecule has 14 nitrogen and oxygen atoms in total. The summed E-state index contributed by atoms with van der Waals surface area (Å²) in [6.45, 7) is 2.68. The fraction of sp³-hybridized carbons (Fsp3) is 0.720. The predicted molar refractivity (Wildman–Crippen MR) is 396 cm³/mol. The maximum absolute atomic E-state index is 13.3. The summed E-state index contributed by atoms with van der Waals surface area (Å²) in [5, 5.41) is 87.6. The van der Waals surface area contributed by atoms with Crippen LogP contribution in [0.2, 0.25) is 0 Å². The number of unbranched alkanes of at least 4 members (excludes halogenated alkanes) is 29. The highest BCUT2D eigenvalue weighted by Gasteiger charge is 2.51. The zero-order chi connectivity index (χ0) is 69.4. The Morgan fingerprint density at radius 1 is 0.385 bits per heavy atom. The van der Waals surface area contributed by atoms with Crippen LogP contribution >= 0.6 is 0 Å². The smallest absolute Gasteiger partial charge is 0.220 e. The molecule has 0 spiro atoms. The van der Waals surface area contributed by atoms with Gasteiger partial charge in [-0.15, -0.1) is 0 Å². The molecule has 96 heavy (non-hydrogen) atoms. The number of ether oxygens (including phenoxy) is 4. The van der Waals surface area contributed by atoms with Crippen molar-refractivity contribution >= 4 is 5.91 Å². The highest BCUT2D eigenvalue weighted by molar-refractivity contribution is 5.76. The molecule has 2 fully saturated rings. The molecule has 1 amide bonds. The summed E-state index contributed by atoms with van der Waals surface area (Å²) < 4.78 is 22.9. The maximum Gasteiger partial charge on any atom is 0.220 e. The minimum Gasteiger partial charge on any atom is -0.394 e. The molecule has 0 bridgehead atoms. The van der Waals surface area contributed by atoms with Crippen LogP contribution in [0.15, 0.2) is 134 Å². The van der Waals surface area contributed by atoms with E-state index in [0.717, 1.165) is 96.3 Å². The van der Waals surface area contributed by atoms with Gasteiger partial charge >= 0.3 is 0 Å². The van der Waals surface area contributed by atoms with Crippen molar-refractivity contribution in [1.29, 1.82) is 0 Å². The van der Waals surface area contributed by atoms with Crippen LogP contribution in [0, 0.1) is 0 Å². The van der Waals surface area contributed by atoms with Crippen LogP contribution in [0.3, 0.4) is 0 Å². The number of carbonyl (C=O) groups excluding carboxylic acids is 1. The summed E-state index contributed by atoms with van der Waals surface area (Å²) in [6, 6.07) is -0.951. The third-order valence-corrected chi connectivity index (χ3v) is 17.8. The predicted octanol–water partition coefficient (Wildman–Crippen LogP) is 17.0. The Hall–Kier alpha value is -3.87. The molecular weight excluding hydrogens is 1210 g/mol. The third kappa shape index (κ3) is 47.2. The van der Waals surface area contributed by atoms with Crippen LogP contribution in [0.25, 0.3) is 0 Å². The standard InChI is InChI=1S/C82H139NO13/c1-3-5-7-9-11-13-15-17-19-21-23-25-27-29-31-33-34-35-36-38-40-42-44-46-48-50-52-54-56-58-60-62-64-66-74(87)83-70(69-93-81-79(92)77(90)80(73(68-85)95-81)96-82-78(91)76(89)75(88)72(67-84)94-82)71(86)65-63-61-59-57-55-53-51-49-47-45-43-41-39-37-32-30-28-26-24-22-20-18-16-14-12-10-8-6-4-2/h5,7,11,13,17,19,23,25,29,31,34-35,38,40,44,46,50,52,56,58,63,65,70-73,75-82,84-86,88-92H,3-4,6,8-10,12,14-16,18,20-22,24,26-28,30,32-33,36-37,39,41-43,45,47-49,51,53-55,57,59-62,64,66-69H2,1-2H3,(H,83,87)/b7-5-,13-11-,19-17-,25-23-,31-29-,35-34-,40-38-,46-44-,52-50-,58-56-,65-63+. The van der Waals surface area contributed by atoms with E-state index >= 15 is 0 Å². The Kier molecular flexibility index (Phi) is 59.3. The van der Waals surface area contributed by atoms with E-state index in [0.29, 0.717) is 6.42 Å². The third-order valence-electron chi connectivity index (χ3n) is 17.8. The molecule has 2 saturated heterocycles. The molecular formula is C82H139NO13. The van der Waals surface area contributed by atoms with E-state index in [1.165, 1.54) is 161 Å². The maximum atomic E-state index is 13.3. The number of hydrogen-bond donors (Lipinski definition) is 9. The van der Waals surface area contributed by atoms with E-state index in [9.17, 15) is 45.6 Å². The van der Waals surface area contributed by atoms with Gasteiger partial charge in [-0.05, 0) is 96.3 Å². The number of hydrogen-bond acceptors (Lipinski definition) is 13. The summed E-state index contributed by atoms with van der Waals surface area (Å²) in [5.41, 5.74) is 0. The molecule has 2 rings (SSSR count). The lowest BCUT2D eigenvalue weighted by molar-refractivity contribution is -0.359. The van der Waals surface area contributed by atoms with Gasteiger partial charge in [0.05, 0.1) is 32.0 Å². The number of nitrogens with one attached hydrogen (secondary N) is 1. The highest BCUT2D eigenvalue weighted by Crippen LogP contribution is 2.30. The SMILES string of the molecule is CC/C=C\C/C=C\C/C=C\C/C=C\C/C=C\C/C=C\C/C=C\C/C=C\C/C=C\C/C=C\CCCCC(=O)NC(COC1OC(CO)C(OC2OC(CO)C(O)C(O)C2O)C(O)C1O)C(O)/C=C/CCCCCCCCCCCCCCCCCCCCCCCCCCCCC. The van der Waals surface area contributed by atoms with Crippen molar-refractivity contribution in [3.63, 3.8) is 0 Å². The summed E-state index contributed by atoms with van der Waals surface area (Å²) in [4.78, 5) is 13.3. The van der Waals surface area contributed by atoms with Gasteiger partial charge in [-0.2, -0.15) is 0 Å². The van der Waals surface area contributed by atoms with Crippen molar-refractivity contribution < 1.29 is 64.6 Å². The van der Waals surface area contributed by atoms with E-state index in [4.69, 9.17) is 18.9 Å². The number of amides is 1. The first-order chi connectivity index (χ1) is 47.1. The van der Waals surface area contributed by atoms with Crippen LogP contribution < -0.4 is 5.32 Å². The van der Waals surface area contributed by atoms with Crippen molar-refractivity contribution in [1.82, 2.24) is 5.32 Å². The van der Waals surface area contributed by atoms with Crippen molar-refractivity contribution in [2.45, 2.75) is 357 Å². The van der Waals surface area contributed by atoms with E-state index in [1.54, 1.807) is 6.08 Å². The number of aliphatic hydroxyl groups is 8. The van der Waals surface area contributed by atoms with Gasteiger partial charge in [0.1, 0.15) is 48.8 Å². The molecule has 2 heterocycles. The Morgan fingerprint density at radius 3 is 1.10 bits per heavy atom. The molecule has 0 aromatic carbocycles. The average Bonchev–Trinajstić information content (AvgIpc) is 0.812. The molecule has 0 radical (unpaired) electrons. The largest absolute Gasteiger partial charge is 0.394 e. The van der Waals surface area contributed by atoms with Crippen molar-refractivity contribution in [2.24, 2.45) is 0 Å². The first kappa shape index (κ1) is 88.2. The van der Waals surface area contributed by atoms with Gasteiger partial charge in [0.2, 0.25) is 5.91 Å². The lowest BCUT2D eigenvalue weighted by Crippen LogP contribution is -2.65. The van der Waals surface area contributed by atoms with Crippen LogP contribution in [0.4, 0.5) is 0 Å². The van der Waals surface area contributed by atoms with Gasteiger partial charge in [0.15, 0.2) is 12.6 Å². The highest BCUT2D eigenvalue weighted by atomic mass is 16.7. The van der Waals surface area contributed by atoms with Crippen LogP contribution in [0.1, 0.15) is 284 Å². The topological polar surface area (TPSA) is 228 Å². The van der Waals surface area contributed by atoms with Gasteiger partial charge < -0.3 is 65.1 Å². The lowest BCUT2D eigenvalue weighted by atomic mass is 9.97. The zero-order valence-corrected chi connectivity index (χ0v) is 60.1. The summed E-state index contributed by atoms with van der Waals surface area (Å²) in [7, 11) is 0. The van der Waals surface area contributed by atoms with Gasteiger partial charge in [0.25, 0.3) is 0 Å². The number of allylic oxidation sites excluding steroid dienone is 21. The molecule has 0 aliphatic carbocycles. The van der Waals surface area contributed by atoms with E-state index < -0.39 is 86.8 Å². The van der Waals surface area contributed by atoms with E-state index in [-0.39, 0.29) is 18.9 Å². The fourth-order valence-corrected chi connectivity index (χ4v) is 11.8. The monoisotopic (exact) mass is 1350 g/mol. The normalized spacial score (nSPS) is 23.0. The second-order valence-corrected chi connectivity index (χ2v) is 26.4. The molecule has 2 aliphatic heterocycles. The van der Waals surface area contributed by atoms with Gasteiger partial charge in [0, 0.05) is 6.42 Å². The van der Waals surface area contributed by atoms with Crippen LogP contribution in [-0.2, 0) is 23.7 Å². The average molecular weight is 1350 g/mol. The summed E-state index contributed by atoms with van der Waals surface area (Å²) >= 11 is 0. The minimum absolute atomic E-state index is 0.217. The lowest BCUT2D eigenvalue weighted by Gasteiger charge is -2.46. The van der Waals surface area contributed by atoms with Crippen molar-refractivity contribution in [3.05, 3.63) is 134 Å². The molecule has 0 saturated carbocycles. The Morgan fingerprint density at radius 2 is 0.719 bits per heavy atom. The molecule has 550 valence electrons. The molecule has 9 N–H and O–H groups in total. The van der Waals surface area contributed by atoms with Crippen molar-refractivity contribution in [3.8, 4) is 0 Å². The zero-order valence-electron chi connectivity index (χ0n) is 60.1. The van der Waals surface area contributed by atoms with Crippen LogP contribution in [-0.4, -0.2) is 140 Å². The fourth-order valence-electron chi connectivity index (χ4n) is 11.8. The molecule has 12 atom stereocenters. The Labute approximate surface area is 583 Å². The summed E-state index contributed by atoms with van der Waals surface area (Å²) in [5.74, 6) is -0.284. The number of aliphatic hydroxyl groups excluding tert-OH is 8. The molecule has 0 aromatic heterocycles. The Balaban J connectivity index is 1.69. The second kappa shape index (κ2) is 64.5. The number of rotatable bonds is 62. The second-order valence-electron chi connectivity index (χ2n) is 26.4. The van der Waals surface area contributed by atoms with Gasteiger partial charge in [-0.25, -0.2) is 0 Å². The summed E-state index contributed by atoms with van der Waals surface area (Å²) in [6.07, 6.45) is 79.4. The Bertz CT molecular complexity index is 2130. The van der Waals surface area contributed by atoms with Gasteiger partial charge in [-0.1, -0.05) is 314 Å². The first-order valence-corrected chi connectivity index (χ1v) is 38.4. The molecule has 0 aromatic rings. The van der Waals surface area contributed by atoms with E-state index in [2.05, 4.69) is 141 Å². The molecule has 14 heteroatoms. The molecule has 2 aliphatic rings. The van der Waals surface area contributed by atoms with Gasteiger partial charge in [-0.3, -0.25) is 4.79 Å². The number of carbonyl (C=O) groups is 1.